The third-order valence-corrected chi connectivity index (χ3v) is 2.91. The number of hydrogen-bond donors (Lipinski definition) is 1. The van der Waals surface area contributed by atoms with Gasteiger partial charge in [0, 0.05) is 31.4 Å². The van der Waals surface area contributed by atoms with Gasteiger partial charge in [0.1, 0.15) is 0 Å². The van der Waals surface area contributed by atoms with Crippen molar-refractivity contribution in [1.29, 1.82) is 0 Å². The molecule has 1 heterocycles. The number of piperazine rings is 1. The zero-order chi connectivity index (χ0) is 9.80. The van der Waals surface area contributed by atoms with Gasteiger partial charge < -0.3 is 10.2 Å². The molecule has 0 spiro atoms. The van der Waals surface area contributed by atoms with Gasteiger partial charge in [-0.2, -0.15) is 0 Å². The summed E-state index contributed by atoms with van der Waals surface area (Å²) in [5.74, 6) is 0. The Hall–Kier alpha value is -1.02. The highest BCUT2D eigenvalue weighted by molar-refractivity contribution is 5.47. The van der Waals surface area contributed by atoms with Crippen molar-refractivity contribution in [3.8, 4) is 0 Å². The van der Waals surface area contributed by atoms with Crippen LogP contribution in [0.25, 0.3) is 0 Å². The Morgan fingerprint density at radius 2 is 2.14 bits per heavy atom. The van der Waals surface area contributed by atoms with Gasteiger partial charge in [-0.15, -0.1) is 0 Å². The molecule has 0 amide bonds. The summed E-state index contributed by atoms with van der Waals surface area (Å²) in [5.41, 5.74) is 1.36. The molecule has 0 aliphatic carbocycles. The van der Waals surface area contributed by atoms with E-state index in [1.54, 1.807) is 0 Å². The van der Waals surface area contributed by atoms with Gasteiger partial charge >= 0.3 is 0 Å². The first kappa shape index (κ1) is 9.53. The number of benzene rings is 1. The Kier molecular flexibility index (Phi) is 3.04. The Morgan fingerprint density at radius 1 is 1.36 bits per heavy atom. The first-order valence-electron chi connectivity index (χ1n) is 5.44. The maximum Gasteiger partial charge on any atom is 0.0412 e. The summed E-state index contributed by atoms with van der Waals surface area (Å²) in [6.45, 7) is 5.60. The van der Waals surface area contributed by atoms with Crippen LogP contribution in [0.5, 0.6) is 0 Å². The normalized spacial score (nSPS) is 22.4. The highest BCUT2D eigenvalue weighted by Crippen LogP contribution is 2.18. The van der Waals surface area contributed by atoms with E-state index in [2.05, 4.69) is 47.5 Å². The SMILES string of the molecule is CCC1CNCCN1c1ccccc1. The molecule has 2 nitrogen and oxygen atoms in total. The third kappa shape index (κ3) is 1.90. The predicted molar refractivity (Wildman–Crippen MR) is 60.7 cm³/mol. The molecule has 2 heteroatoms. The van der Waals surface area contributed by atoms with Crippen LogP contribution in [0, 0.1) is 0 Å². The van der Waals surface area contributed by atoms with Crippen LogP contribution < -0.4 is 10.2 Å². The third-order valence-electron chi connectivity index (χ3n) is 2.91. The maximum absolute atomic E-state index is 3.44. The molecule has 1 aliphatic rings. The first-order chi connectivity index (χ1) is 6.92. The van der Waals surface area contributed by atoms with Gasteiger partial charge in [0.2, 0.25) is 0 Å². The van der Waals surface area contributed by atoms with E-state index < -0.39 is 0 Å². The number of para-hydroxylation sites is 1. The zero-order valence-electron chi connectivity index (χ0n) is 8.74. The van der Waals surface area contributed by atoms with Gasteiger partial charge in [-0.05, 0) is 18.6 Å². The lowest BCUT2D eigenvalue weighted by atomic mass is 10.1. The lowest BCUT2D eigenvalue weighted by molar-refractivity contribution is 0.466. The summed E-state index contributed by atoms with van der Waals surface area (Å²) in [4.78, 5) is 2.51. The van der Waals surface area contributed by atoms with E-state index in [1.165, 1.54) is 12.1 Å². The molecule has 1 fully saturated rings. The van der Waals surface area contributed by atoms with Gasteiger partial charge in [-0.25, -0.2) is 0 Å². The van der Waals surface area contributed by atoms with E-state index in [0.717, 1.165) is 19.6 Å². The second-order valence-corrected chi connectivity index (χ2v) is 3.80. The van der Waals surface area contributed by atoms with Crippen molar-refractivity contribution in [3.63, 3.8) is 0 Å². The average Bonchev–Trinajstić information content (AvgIpc) is 2.30. The van der Waals surface area contributed by atoms with E-state index in [-0.39, 0.29) is 0 Å². The molecule has 0 saturated carbocycles. The van der Waals surface area contributed by atoms with Crippen molar-refractivity contribution in [2.75, 3.05) is 24.5 Å². The molecular formula is C12H18N2. The van der Waals surface area contributed by atoms with Gasteiger partial charge in [0.05, 0.1) is 0 Å². The second-order valence-electron chi connectivity index (χ2n) is 3.80. The van der Waals surface area contributed by atoms with Crippen molar-refractivity contribution >= 4 is 5.69 Å². The quantitative estimate of drug-likeness (QED) is 0.766. The molecule has 76 valence electrons. The van der Waals surface area contributed by atoms with Crippen molar-refractivity contribution in [2.45, 2.75) is 19.4 Å². The van der Waals surface area contributed by atoms with Gasteiger partial charge in [-0.1, -0.05) is 25.1 Å². The maximum atomic E-state index is 3.44. The summed E-state index contributed by atoms with van der Waals surface area (Å²) in [5, 5.41) is 3.44. The second kappa shape index (κ2) is 4.47. The first-order valence-corrected chi connectivity index (χ1v) is 5.44. The zero-order valence-corrected chi connectivity index (χ0v) is 8.74. The summed E-state index contributed by atoms with van der Waals surface area (Å²) in [6, 6.07) is 11.4. The Balaban J connectivity index is 2.15. The number of anilines is 1. The number of rotatable bonds is 2. The van der Waals surface area contributed by atoms with Crippen molar-refractivity contribution < 1.29 is 0 Å². The molecule has 1 saturated heterocycles. The topological polar surface area (TPSA) is 15.3 Å². The van der Waals surface area contributed by atoms with Gasteiger partial charge in [-0.3, -0.25) is 0 Å². The van der Waals surface area contributed by atoms with Crippen LogP contribution in [0.2, 0.25) is 0 Å². The van der Waals surface area contributed by atoms with Crippen molar-refractivity contribution in [1.82, 2.24) is 5.32 Å². The molecule has 14 heavy (non-hydrogen) atoms. The number of hydrogen-bond acceptors (Lipinski definition) is 2. The highest BCUT2D eigenvalue weighted by Gasteiger charge is 2.19. The molecule has 1 aromatic rings. The molecule has 1 atom stereocenters. The minimum Gasteiger partial charge on any atom is -0.366 e. The summed E-state index contributed by atoms with van der Waals surface area (Å²) < 4.78 is 0. The molecule has 0 radical (unpaired) electrons. The standard InChI is InChI=1S/C12H18N2/c1-2-11-10-13-8-9-14(11)12-6-4-3-5-7-12/h3-7,11,13H,2,8-10H2,1H3. The Labute approximate surface area is 85.9 Å². The molecule has 1 N–H and O–H groups in total. The van der Waals surface area contributed by atoms with Crippen LogP contribution in [0.4, 0.5) is 5.69 Å². The summed E-state index contributed by atoms with van der Waals surface area (Å²) >= 11 is 0. The van der Waals surface area contributed by atoms with Crippen molar-refractivity contribution in [2.24, 2.45) is 0 Å². The van der Waals surface area contributed by atoms with E-state index >= 15 is 0 Å². The molecule has 1 unspecified atom stereocenters. The van der Waals surface area contributed by atoms with Crippen LogP contribution in [0.1, 0.15) is 13.3 Å². The molecule has 1 aliphatic heterocycles. The fraction of sp³-hybridized carbons (Fsp3) is 0.500. The Bertz CT molecular complexity index is 271. The van der Waals surface area contributed by atoms with E-state index in [1.807, 2.05) is 0 Å². The lowest BCUT2D eigenvalue weighted by Gasteiger charge is -2.37. The fourth-order valence-corrected chi connectivity index (χ4v) is 2.09. The van der Waals surface area contributed by atoms with E-state index in [0.29, 0.717) is 6.04 Å². The molecule has 2 rings (SSSR count). The van der Waals surface area contributed by atoms with Crippen molar-refractivity contribution in [3.05, 3.63) is 30.3 Å². The molecule has 1 aromatic carbocycles. The minimum absolute atomic E-state index is 0.658. The van der Waals surface area contributed by atoms with Crippen LogP contribution in [-0.2, 0) is 0 Å². The van der Waals surface area contributed by atoms with Gasteiger partial charge in [0.25, 0.3) is 0 Å². The minimum atomic E-state index is 0.658. The van der Waals surface area contributed by atoms with E-state index in [9.17, 15) is 0 Å². The largest absolute Gasteiger partial charge is 0.366 e. The molecule has 0 aromatic heterocycles. The van der Waals surface area contributed by atoms with Crippen LogP contribution in [-0.4, -0.2) is 25.7 Å². The molecular weight excluding hydrogens is 172 g/mol. The van der Waals surface area contributed by atoms with Gasteiger partial charge in [0.15, 0.2) is 0 Å². The van der Waals surface area contributed by atoms with Crippen LogP contribution >= 0.6 is 0 Å². The number of nitrogens with zero attached hydrogens (tertiary/aromatic N) is 1. The monoisotopic (exact) mass is 190 g/mol. The van der Waals surface area contributed by atoms with Crippen LogP contribution in [0.15, 0.2) is 30.3 Å². The summed E-state index contributed by atoms with van der Waals surface area (Å²) in [6.07, 6.45) is 1.21. The molecule has 0 bridgehead atoms. The van der Waals surface area contributed by atoms with E-state index in [4.69, 9.17) is 0 Å². The summed E-state index contributed by atoms with van der Waals surface area (Å²) in [7, 11) is 0. The highest BCUT2D eigenvalue weighted by atomic mass is 15.2. The fourth-order valence-electron chi connectivity index (χ4n) is 2.09. The predicted octanol–water partition coefficient (Wildman–Crippen LogP) is 1.87. The number of nitrogens with one attached hydrogen (secondary N) is 1. The lowest BCUT2D eigenvalue weighted by Crippen LogP contribution is -2.51. The van der Waals surface area contributed by atoms with Crippen LogP contribution in [0.3, 0.4) is 0 Å². The average molecular weight is 190 g/mol. The smallest absolute Gasteiger partial charge is 0.0412 e. The Morgan fingerprint density at radius 3 is 2.86 bits per heavy atom.